The average Bonchev–Trinajstić information content (AvgIpc) is 2.83. The Morgan fingerprint density at radius 3 is 2.23 bits per heavy atom. The number of aromatic nitrogens is 1. The van der Waals surface area contributed by atoms with Crippen LogP contribution in [0.5, 0.6) is 0 Å². The molecule has 1 heterocycles. The first-order chi connectivity index (χ1) is 15.2. The van der Waals surface area contributed by atoms with Gasteiger partial charge in [-0.1, -0.05) is 102 Å². The van der Waals surface area contributed by atoms with E-state index in [0.29, 0.717) is 11.8 Å². The van der Waals surface area contributed by atoms with Gasteiger partial charge in [0.2, 0.25) is 5.91 Å². The van der Waals surface area contributed by atoms with Crippen LogP contribution in [0, 0.1) is 0 Å². The Balaban J connectivity index is 1.73. The van der Waals surface area contributed by atoms with E-state index in [1.54, 1.807) is 0 Å². The zero-order valence-corrected chi connectivity index (χ0v) is 19.1. The number of alkyl halides is 1. The van der Waals surface area contributed by atoms with Crippen LogP contribution in [0.1, 0.15) is 36.1 Å². The molecule has 4 heteroatoms. The maximum absolute atomic E-state index is 13.2. The zero-order valence-electron chi connectivity index (χ0n) is 17.5. The molecule has 0 aliphatic rings. The third-order valence-electron chi connectivity index (χ3n) is 5.58. The molecule has 0 saturated carbocycles. The van der Waals surface area contributed by atoms with E-state index >= 15 is 0 Å². The Morgan fingerprint density at radius 2 is 1.55 bits per heavy atom. The number of rotatable bonds is 7. The van der Waals surface area contributed by atoms with Gasteiger partial charge in [-0.05, 0) is 29.2 Å². The quantitative estimate of drug-likeness (QED) is 0.307. The molecule has 3 aromatic carbocycles. The number of hydrogen-bond acceptors (Lipinski definition) is 2. The van der Waals surface area contributed by atoms with Crippen LogP contribution in [-0.4, -0.2) is 10.9 Å². The number of benzene rings is 3. The lowest BCUT2D eigenvalue weighted by molar-refractivity contribution is -0.121. The zero-order chi connectivity index (χ0) is 21.6. The molecular weight excluding hydrogens is 448 g/mol. The van der Waals surface area contributed by atoms with Crippen molar-refractivity contribution in [1.29, 1.82) is 0 Å². The average molecular weight is 473 g/mol. The third-order valence-corrected chi connectivity index (χ3v) is 6.14. The molecule has 0 unspecified atom stereocenters. The van der Waals surface area contributed by atoms with Crippen LogP contribution in [-0.2, 0) is 16.5 Å². The fraction of sp³-hybridized carbons (Fsp3) is 0.185. The van der Waals surface area contributed by atoms with E-state index < -0.39 is 0 Å². The van der Waals surface area contributed by atoms with Crippen molar-refractivity contribution < 1.29 is 4.79 Å². The van der Waals surface area contributed by atoms with Gasteiger partial charge < -0.3 is 5.32 Å². The number of amides is 1. The maximum atomic E-state index is 13.2. The SMILES string of the molecule is CC[C@H](NC(=O)Cc1c(CBr)c(-c2ccccc2)nc2ccccc12)c1ccccc1. The molecule has 4 rings (SSSR count). The highest BCUT2D eigenvalue weighted by Crippen LogP contribution is 2.32. The minimum absolute atomic E-state index is 0.00261. The highest BCUT2D eigenvalue weighted by atomic mass is 79.9. The number of para-hydroxylation sites is 1. The first-order valence-corrected chi connectivity index (χ1v) is 11.7. The molecule has 31 heavy (non-hydrogen) atoms. The van der Waals surface area contributed by atoms with Crippen molar-refractivity contribution in [2.24, 2.45) is 0 Å². The van der Waals surface area contributed by atoms with Gasteiger partial charge in [0.25, 0.3) is 0 Å². The molecule has 0 bridgehead atoms. The number of pyridine rings is 1. The summed E-state index contributed by atoms with van der Waals surface area (Å²) in [4.78, 5) is 18.1. The first kappa shape index (κ1) is 21.3. The summed E-state index contributed by atoms with van der Waals surface area (Å²) < 4.78 is 0. The van der Waals surface area contributed by atoms with Crippen LogP contribution in [0.25, 0.3) is 22.2 Å². The van der Waals surface area contributed by atoms with E-state index in [9.17, 15) is 4.79 Å². The van der Waals surface area contributed by atoms with Gasteiger partial charge >= 0.3 is 0 Å². The Morgan fingerprint density at radius 1 is 0.903 bits per heavy atom. The maximum Gasteiger partial charge on any atom is 0.224 e. The molecule has 0 fully saturated rings. The fourth-order valence-corrected chi connectivity index (χ4v) is 4.62. The Hall–Kier alpha value is -2.98. The number of hydrogen-bond donors (Lipinski definition) is 1. The van der Waals surface area contributed by atoms with Gasteiger partial charge in [-0.25, -0.2) is 4.98 Å². The number of nitrogens with one attached hydrogen (secondary N) is 1. The second-order valence-electron chi connectivity index (χ2n) is 7.55. The van der Waals surface area contributed by atoms with Gasteiger partial charge in [0.05, 0.1) is 23.7 Å². The number of halogens is 1. The van der Waals surface area contributed by atoms with Crippen LogP contribution in [0.2, 0.25) is 0 Å². The summed E-state index contributed by atoms with van der Waals surface area (Å²) in [6.45, 7) is 2.09. The highest BCUT2D eigenvalue weighted by molar-refractivity contribution is 9.08. The van der Waals surface area contributed by atoms with Crippen molar-refractivity contribution in [2.75, 3.05) is 0 Å². The van der Waals surface area contributed by atoms with Crippen molar-refractivity contribution in [3.05, 3.63) is 102 Å². The summed E-state index contributed by atoms with van der Waals surface area (Å²) in [5.41, 5.74) is 6.11. The molecule has 3 nitrogen and oxygen atoms in total. The molecular formula is C27H25BrN2O. The Labute approximate surface area is 191 Å². The minimum Gasteiger partial charge on any atom is -0.349 e. The van der Waals surface area contributed by atoms with E-state index in [4.69, 9.17) is 4.98 Å². The van der Waals surface area contributed by atoms with Crippen LogP contribution < -0.4 is 5.32 Å². The van der Waals surface area contributed by atoms with Crippen LogP contribution >= 0.6 is 15.9 Å². The summed E-state index contributed by atoms with van der Waals surface area (Å²) in [6.07, 6.45) is 1.15. The predicted molar refractivity (Wildman–Crippen MR) is 131 cm³/mol. The number of nitrogens with zero attached hydrogens (tertiary/aromatic N) is 1. The molecule has 0 aliphatic heterocycles. The lowest BCUT2D eigenvalue weighted by atomic mass is 9.95. The molecule has 1 atom stereocenters. The number of fused-ring (bicyclic) bond motifs is 1. The molecule has 1 aromatic heterocycles. The van der Waals surface area contributed by atoms with E-state index in [0.717, 1.165) is 45.3 Å². The summed E-state index contributed by atoms with van der Waals surface area (Å²) in [5, 5.41) is 4.89. The van der Waals surface area contributed by atoms with Crippen molar-refractivity contribution in [3.8, 4) is 11.3 Å². The van der Waals surface area contributed by atoms with Crippen molar-refractivity contribution in [3.63, 3.8) is 0 Å². The second-order valence-corrected chi connectivity index (χ2v) is 8.11. The molecule has 0 spiro atoms. The fourth-order valence-electron chi connectivity index (χ4n) is 4.01. The molecule has 4 aromatic rings. The number of carbonyl (C=O) groups excluding carboxylic acids is 1. The van der Waals surface area contributed by atoms with Gasteiger partial charge in [-0.2, -0.15) is 0 Å². The topological polar surface area (TPSA) is 42.0 Å². The second kappa shape index (κ2) is 9.88. The summed E-state index contributed by atoms with van der Waals surface area (Å²) in [7, 11) is 0. The lowest BCUT2D eigenvalue weighted by Gasteiger charge is -2.20. The van der Waals surface area contributed by atoms with Crippen molar-refractivity contribution in [2.45, 2.75) is 31.1 Å². The van der Waals surface area contributed by atoms with Crippen molar-refractivity contribution >= 4 is 32.7 Å². The summed E-state index contributed by atoms with van der Waals surface area (Å²) >= 11 is 3.66. The first-order valence-electron chi connectivity index (χ1n) is 10.6. The largest absolute Gasteiger partial charge is 0.349 e. The standard InChI is InChI=1S/C27H25BrN2O/c1-2-24(19-11-5-3-6-12-19)29-26(31)17-22-21-15-9-10-16-25(21)30-27(23(22)18-28)20-13-7-4-8-14-20/h3-16,24H,2,17-18H2,1H3,(H,29,31)/t24-/m0/s1. The van der Waals surface area contributed by atoms with Gasteiger partial charge in [0, 0.05) is 16.3 Å². The molecule has 0 aliphatic carbocycles. The van der Waals surface area contributed by atoms with Gasteiger partial charge in [-0.3, -0.25) is 4.79 Å². The molecule has 1 N–H and O–H groups in total. The van der Waals surface area contributed by atoms with Crippen LogP contribution in [0.4, 0.5) is 0 Å². The minimum atomic E-state index is 0.00261. The van der Waals surface area contributed by atoms with Crippen LogP contribution in [0.3, 0.4) is 0 Å². The van der Waals surface area contributed by atoms with Crippen LogP contribution in [0.15, 0.2) is 84.9 Å². The van der Waals surface area contributed by atoms with E-state index in [-0.39, 0.29) is 11.9 Å². The normalized spacial score (nSPS) is 11.9. The summed E-state index contributed by atoms with van der Waals surface area (Å²) in [6, 6.07) is 28.4. The van der Waals surface area contributed by atoms with E-state index in [2.05, 4.69) is 58.5 Å². The molecule has 0 radical (unpaired) electrons. The van der Waals surface area contributed by atoms with Gasteiger partial charge in [0.15, 0.2) is 0 Å². The lowest BCUT2D eigenvalue weighted by Crippen LogP contribution is -2.30. The highest BCUT2D eigenvalue weighted by Gasteiger charge is 2.19. The number of carbonyl (C=O) groups is 1. The Kier molecular flexibility index (Phi) is 6.78. The van der Waals surface area contributed by atoms with E-state index in [1.165, 1.54) is 0 Å². The van der Waals surface area contributed by atoms with E-state index in [1.807, 2.05) is 54.6 Å². The monoisotopic (exact) mass is 472 g/mol. The predicted octanol–water partition coefficient (Wildman–Crippen LogP) is 6.61. The van der Waals surface area contributed by atoms with Gasteiger partial charge in [0.1, 0.15) is 0 Å². The smallest absolute Gasteiger partial charge is 0.224 e. The summed E-state index contributed by atoms with van der Waals surface area (Å²) in [5.74, 6) is 0.0215. The van der Waals surface area contributed by atoms with Crippen molar-refractivity contribution in [1.82, 2.24) is 10.3 Å². The molecule has 156 valence electrons. The Bertz CT molecular complexity index is 1180. The third kappa shape index (κ3) is 4.70. The van der Waals surface area contributed by atoms with Gasteiger partial charge in [-0.15, -0.1) is 0 Å². The molecule has 0 saturated heterocycles. The molecule has 1 amide bonds.